The zero-order valence-electron chi connectivity index (χ0n) is 19.2. The van der Waals surface area contributed by atoms with Crippen molar-refractivity contribution in [2.24, 2.45) is 0 Å². The first-order valence-corrected chi connectivity index (χ1v) is 11.7. The molecule has 1 N–H and O–H groups in total. The average molecular weight is 483 g/mol. The number of fused-ring (bicyclic) bond motifs is 1. The first-order chi connectivity index (χ1) is 16.4. The largest absolute Gasteiger partial charge is 0.468 e. The van der Waals surface area contributed by atoms with Crippen LogP contribution < -0.4 is 10.9 Å². The number of ether oxygens (including phenoxy) is 1. The van der Waals surface area contributed by atoms with Crippen LogP contribution in [0.15, 0.2) is 58.5 Å². The molecule has 10 heteroatoms. The van der Waals surface area contributed by atoms with Crippen molar-refractivity contribution in [2.75, 3.05) is 31.3 Å². The van der Waals surface area contributed by atoms with E-state index in [-0.39, 0.29) is 34.8 Å². The maximum absolute atomic E-state index is 12.9. The van der Waals surface area contributed by atoms with Crippen LogP contribution in [0.1, 0.15) is 24.2 Å². The van der Waals surface area contributed by atoms with E-state index in [0.717, 1.165) is 11.8 Å². The van der Waals surface area contributed by atoms with E-state index in [9.17, 15) is 19.2 Å². The van der Waals surface area contributed by atoms with Gasteiger partial charge in [0, 0.05) is 24.3 Å². The van der Waals surface area contributed by atoms with Crippen molar-refractivity contribution in [1.29, 1.82) is 0 Å². The minimum Gasteiger partial charge on any atom is -0.468 e. The van der Waals surface area contributed by atoms with E-state index in [4.69, 9.17) is 4.74 Å². The molecule has 0 aliphatic carbocycles. The number of nitrogens with one attached hydrogen (secondary N) is 1. The monoisotopic (exact) mass is 482 g/mol. The minimum absolute atomic E-state index is 0.0554. The van der Waals surface area contributed by atoms with E-state index in [1.54, 1.807) is 53.4 Å². The highest BCUT2D eigenvalue weighted by molar-refractivity contribution is 7.99. The number of rotatable bonds is 9. The zero-order chi connectivity index (χ0) is 24.7. The number of para-hydroxylation sites is 1. The van der Waals surface area contributed by atoms with Gasteiger partial charge in [-0.15, -0.1) is 0 Å². The van der Waals surface area contributed by atoms with Gasteiger partial charge in [0.2, 0.25) is 5.91 Å². The highest BCUT2D eigenvalue weighted by atomic mass is 32.2. The molecule has 0 spiro atoms. The van der Waals surface area contributed by atoms with Gasteiger partial charge in [-0.3, -0.25) is 23.7 Å². The number of carbonyl (C=O) groups is 3. The first-order valence-electron chi connectivity index (χ1n) is 10.8. The fourth-order valence-electron chi connectivity index (χ4n) is 3.34. The maximum atomic E-state index is 12.9. The molecule has 0 bridgehead atoms. The van der Waals surface area contributed by atoms with Crippen molar-refractivity contribution in [3.63, 3.8) is 0 Å². The van der Waals surface area contributed by atoms with Gasteiger partial charge in [-0.05, 0) is 44.2 Å². The smallest absolute Gasteiger partial charge is 0.325 e. The van der Waals surface area contributed by atoms with Crippen LogP contribution in [0.2, 0.25) is 0 Å². The Morgan fingerprint density at radius 3 is 2.53 bits per heavy atom. The highest BCUT2D eigenvalue weighted by Crippen LogP contribution is 2.19. The molecule has 178 valence electrons. The summed E-state index contributed by atoms with van der Waals surface area (Å²) in [6.45, 7) is 4.69. The van der Waals surface area contributed by atoms with Crippen LogP contribution in [0.5, 0.6) is 0 Å². The molecule has 0 saturated heterocycles. The lowest BCUT2D eigenvalue weighted by molar-refractivity contribution is -0.141. The van der Waals surface area contributed by atoms with Crippen LogP contribution in [0.25, 0.3) is 10.9 Å². The van der Waals surface area contributed by atoms with Crippen LogP contribution >= 0.6 is 11.8 Å². The summed E-state index contributed by atoms with van der Waals surface area (Å²) in [6.07, 6.45) is 0. The number of hydrogen-bond acceptors (Lipinski definition) is 7. The van der Waals surface area contributed by atoms with Gasteiger partial charge in [0.25, 0.3) is 11.5 Å². The summed E-state index contributed by atoms with van der Waals surface area (Å²) >= 11 is 1.04. The average Bonchev–Trinajstić information content (AvgIpc) is 2.85. The third-order valence-electron chi connectivity index (χ3n) is 5.12. The molecular weight excluding hydrogens is 456 g/mol. The van der Waals surface area contributed by atoms with Crippen LogP contribution in [-0.4, -0.2) is 58.2 Å². The summed E-state index contributed by atoms with van der Waals surface area (Å²) in [6, 6.07) is 13.5. The van der Waals surface area contributed by atoms with Crippen molar-refractivity contribution in [3.8, 4) is 0 Å². The van der Waals surface area contributed by atoms with Gasteiger partial charge in [-0.25, -0.2) is 4.98 Å². The zero-order valence-corrected chi connectivity index (χ0v) is 20.1. The Labute approximate surface area is 201 Å². The number of benzene rings is 2. The molecule has 1 aromatic heterocycles. The molecule has 1 heterocycles. The molecule has 3 rings (SSSR count). The number of nitrogens with zero attached hydrogens (tertiary/aromatic N) is 3. The Kier molecular flexibility index (Phi) is 8.42. The summed E-state index contributed by atoms with van der Waals surface area (Å²) in [4.78, 5) is 56.1. The molecule has 2 amide bonds. The molecule has 9 nitrogen and oxygen atoms in total. The van der Waals surface area contributed by atoms with Crippen molar-refractivity contribution in [1.82, 2.24) is 14.5 Å². The second kappa shape index (κ2) is 11.5. The van der Waals surface area contributed by atoms with E-state index in [1.807, 2.05) is 13.8 Å². The lowest BCUT2D eigenvalue weighted by Crippen LogP contribution is -2.30. The minimum atomic E-state index is -0.597. The van der Waals surface area contributed by atoms with E-state index in [2.05, 4.69) is 10.3 Å². The SMILES string of the molecule is CCN(CC)C(=O)c1cccc(NC(=O)CSc2nc3ccccc3c(=O)n2CC(=O)OC)c1. The number of thioether (sulfide) groups is 1. The van der Waals surface area contributed by atoms with Gasteiger partial charge in [0.15, 0.2) is 5.16 Å². The normalized spacial score (nSPS) is 10.7. The number of anilines is 1. The Morgan fingerprint density at radius 2 is 1.82 bits per heavy atom. The number of amides is 2. The fourth-order valence-corrected chi connectivity index (χ4v) is 4.14. The predicted octanol–water partition coefficient (Wildman–Crippen LogP) is 2.78. The molecular formula is C24H26N4O5S. The Morgan fingerprint density at radius 1 is 1.09 bits per heavy atom. The number of methoxy groups -OCH3 is 1. The van der Waals surface area contributed by atoms with E-state index in [1.165, 1.54) is 11.7 Å². The van der Waals surface area contributed by atoms with E-state index >= 15 is 0 Å². The fraction of sp³-hybridized carbons (Fsp3) is 0.292. The van der Waals surface area contributed by atoms with Gasteiger partial charge in [-0.2, -0.15) is 0 Å². The molecule has 0 saturated carbocycles. The number of esters is 1. The standard InChI is InChI=1S/C24H26N4O5S/c1-4-27(5-2)22(31)16-9-8-10-17(13-16)25-20(29)15-34-24-26-19-12-7-6-11-18(19)23(32)28(24)14-21(30)33-3/h6-13H,4-5,14-15H2,1-3H3,(H,25,29). The quantitative estimate of drug-likeness (QED) is 0.284. The highest BCUT2D eigenvalue weighted by Gasteiger charge is 2.17. The molecule has 0 atom stereocenters. The maximum Gasteiger partial charge on any atom is 0.325 e. The van der Waals surface area contributed by atoms with Crippen molar-refractivity contribution in [2.45, 2.75) is 25.5 Å². The number of hydrogen-bond donors (Lipinski definition) is 1. The number of carbonyl (C=O) groups excluding carboxylic acids is 3. The second-order valence-electron chi connectivity index (χ2n) is 7.27. The molecule has 34 heavy (non-hydrogen) atoms. The van der Waals surface area contributed by atoms with Gasteiger partial charge >= 0.3 is 5.97 Å². The topological polar surface area (TPSA) is 111 Å². The third kappa shape index (κ3) is 5.82. The lowest BCUT2D eigenvalue weighted by atomic mass is 10.1. The Balaban J connectivity index is 1.77. The molecule has 0 fully saturated rings. The second-order valence-corrected chi connectivity index (χ2v) is 8.22. The molecule has 0 aliphatic rings. The van der Waals surface area contributed by atoms with Gasteiger partial charge in [-0.1, -0.05) is 30.0 Å². The van der Waals surface area contributed by atoms with Gasteiger partial charge < -0.3 is 15.0 Å². The predicted molar refractivity (Wildman–Crippen MR) is 131 cm³/mol. The third-order valence-corrected chi connectivity index (χ3v) is 6.09. The van der Waals surface area contributed by atoms with Crippen molar-refractivity contribution in [3.05, 3.63) is 64.4 Å². The van der Waals surface area contributed by atoms with Gasteiger partial charge in [0.05, 0.1) is 23.8 Å². The van der Waals surface area contributed by atoms with Crippen LogP contribution in [-0.2, 0) is 20.9 Å². The molecule has 0 aliphatic heterocycles. The molecule has 0 radical (unpaired) electrons. The Hall–Kier alpha value is -3.66. The molecule has 2 aromatic carbocycles. The first kappa shape index (κ1) is 25.0. The van der Waals surface area contributed by atoms with E-state index < -0.39 is 5.97 Å². The lowest BCUT2D eigenvalue weighted by Gasteiger charge is -2.19. The van der Waals surface area contributed by atoms with Crippen molar-refractivity contribution < 1.29 is 19.1 Å². The summed E-state index contributed by atoms with van der Waals surface area (Å²) in [5.41, 5.74) is 1.06. The van der Waals surface area contributed by atoms with Crippen LogP contribution in [0, 0.1) is 0 Å². The van der Waals surface area contributed by atoms with Gasteiger partial charge in [0.1, 0.15) is 6.54 Å². The summed E-state index contributed by atoms with van der Waals surface area (Å²) in [5, 5.41) is 3.37. The molecule has 0 unspecified atom stereocenters. The summed E-state index contributed by atoms with van der Waals surface area (Å²) < 4.78 is 5.90. The van der Waals surface area contributed by atoms with Crippen molar-refractivity contribution >= 4 is 46.1 Å². The summed E-state index contributed by atoms with van der Waals surface area (Å²) in [7, 11) is 1.24. The Bertz CT molecular complexity index is 1270. The number of aromatic nitrogens is 2. The molecule has 3 aromatic rings. The van der Waals surface area contributed by atoms with Crippen LogP contribution in [0.3, 0.4) is 0 Å². The van der Waals surface area contributed by atoms with Crippen LogP contribution in [0.4, 0.5) is 5.69 Å². The van der Waals surface area contributed by atoms with E-state index in [0.29, 0.717) is 35.2 Å². The summed E-state index contributed by atoms with van der Waals surface area (Å²) in [5.74, 6) is -1.10.